The number of halogens is 2. The zero-order valence-electron chi connectivity index (χ0n) is 11.7. The lowest BCUT2D eigenvalue weighted by molar-refractivity contribution is 0.628. The molecular weight excluding hydrogens is 293 g/mol. The van der Waals surface area contributed by atoms with Crippen LogP contribution in [0.5, 0.6) is 0 Å². The summed E-state index contributed by atoms with van der Waals surface area (Å²) >= 11 is 5.74. The minimum absolute atomic E-state index is 0.0360. The standard InChI is InChI=1S/C14H17ClFN5/c1-2-3-6-18-13-12(17)14(20-8-19-13)21-9-4-5-11(16)10(15)7-9/h4-5,7-8H,2-3,6,17H2,1H3,(H2,18,19,20,21). The van der Waals surface area contributed by atoms with E-state index in [1.54, 1.807) is 6.07 Å². The first-order valence-corrected chi connectivity index (χ1v) is 7.06. The Morgan fingerprint density at radius 1 is 1.29 bits per heavy atom. The number of anilines is 4. The molecule has 0 unspecified atom stereocenters. The fourth-order valence-corrected chi connectivity index (χ4v) is 1.91. The van der Waals surface area contributed by atoms with E-state index >= 15 is 0 Å². The summed E-state index contributed by atoms with van der Waals surface area (Å²) in [6, 6.07) is 4.32. The van der Waals surface area contributed by atoms with E-state index in [1.807, 2.05) is 0 Å². The Kier molecular flexibility index (Phi) is 5.16. The van der Waals surface area contributed by atoms with E-state index < -0.39 is 5.82 Å². The minimum atomic E-state index is -0.472. The molecule has 2 rings (SSSR count). The number of nitrogens with one attached hydrogen (secondary N) is 2. The molecule has 0 fully saturated rings. The minimum Gasteiger partial charge on any atom is -0.393 e. The largest absolute Gasteiger partial charge is 0.393 e. The van der Waals surface area contributed by atoms with E-state index in [2.05, 4.69) is 27.5 Å². The molecular formula is C14H17ClFN5. The van der Waals surface area contributed by atoms with Gasteiger partial charge in [0.25, 0.3) is 0 Å². The average molecular weight is 310 g/mol. The maximum atomic E-state index is 13.1. The maximum Gasteiger partial charge on any atom is 0.159 e. The Hall–Kier alpha value is -2.08. The first-order valence-electron chi connectivity index (χ1n) is 6.68. The van der Waals surface area contributed by atoms with Gasteiger partial charge in [0.15, 0.2) is 11.6 Å². The highest BCUT2D eigenvalue weighted by atomic mass is 35.5. The highest BCUT2D eigenvalue weighted by Gasteiger charge is 2.09. The molecule has 0 aliphatic carbocycles. The molecule has 1 aromatic heterocycles. The van der Waals surface area contributed by atoms with Gasteiger partial charge in [0.1, 0.15) is 17.8 Å². The number of hydrogen-bond acceptors (Lipinski definition) is 5. The molecule has 0 aliphatic heterocycles. The van der Waals surface area contributed by atoms with Crippen LogP contribution in [0.15, 0.2) is 24.5 Å². The summed E-state index contributed by atoms with van der Waals surface area (Å²) in [5, 5.41) is 6.20. The third-order valence-electron chi connectivity index (χ3n) is 2.89. The van der Waals surface area contributed by atoms with Crippen LogP contribution in [0.4, 0.5) is 27.4 Å². The number of nitrogens with zero attached hydrogens (tertiary/aromatic N) is 2. The van der Waals surface area contributed by atoms with Crippen LogP contribution in [0.25, 0.3) is 0 Å². The van der Waals surface area contributed by atoms with Crippen molar-refractivity contribution in [1.82, 2.24) is 9.97 Å². The topological polar surface area (TPSA) is 75.9 Å². The van der Waals surface area contributed by atoms with Crippen LogP contribution in [-0.4, -0.2) is 16.5 Å². The Bertz CT molecular complexity index is 620. The van der Waals surface area contributed by atoms with Crippen molar-refractivity contribution >= 4 is 34.6 Å². The monoisotopic (exact) mass is 309 g/mol. The molecule has 0 spiro atoms. The molecule has 0 amide bonds. The summed E-state index contributed by atoms with van der Waals surface area (Å²) in [7, 11) is 0. The number of nitrogen functional groups attached to an aromatic ring is 1. The Labute approximate surface area is 127 Å². The highest BCUT2D eigenvalue weighted by molar-refractivity contribution is 6.31. The van der Waals surface area contributed by atoms with Gasteiger partial charge in [-0.25, -0.2) is 14.4 Å². The van der Waals surface area contributed by atoms with Gasteiger partial charge in [-0.05, 0) is 24.6 Å². The Balaban J connectivity index is 2.16. The molecule has 0 bridgehead atoms. The third-order valence-corrected chi connectivity index (χ3v) is 3.18. The molecule has 7 heteroatoms. The predicted molar refractivity (Wildman–Crippen MR) is 84.5 cm³/mol. The highest BCUT2D eigenvalue weighted by Crippen LogP contribution is 2.27. The van der Waals surface area contributed by atoms with Crippen LogP contribution < -0.4 is 16.4 Å². The lowest BCUT2D eigenvalue weighted by Crippen LogP contribution is -2.09. The van der Waals surface area contributed by atoms with Gasteiger partial charge in [-0.1, -0.05) is 24.9 Å². The fourth-order valence-electron chi connectivity index (χ4n) is 1.73. The molecule has 2 aromatic rings. The summed E-state index contributed by atoms with van der Waals surface area (Å²) in [5.74, 6) is 0.556. The number of unbranched alkanes of at least 4 members (excludes halogenated alkanes) is 1. The van der Waals surface area contributed by atoms with Gasteiger partial charge in [0.2, 0.25) is 0 Å². The van der Waals surface area contributed by atoms with Crippen LogP contribution in [-0.2, 0) is 0 Å². The van der Waals surface area contributed by atoms with Crippen molar-refractivity contribution < 1.29 is 4.39 Å². The van der Waals surface area contributed by atoms with Crippen LogP contribution in [0, 0.1) is 5.82 Å². The molecule has 21 heavy (non-hydrogen) atoms. The van der Waals surface area contributed by atoms with Gasteiger partial charge in [-0.2, -0.15) is 0 Å². The second-order valence-corrected chi connectivity index (χ2v) is 4.93. The summed E-state index contributed by atoms with van der Waals surface area (Å²) in [4.78, 5) is 8.20. The van der Waals surface area contributed by atoms with Gasteiger partial charge < -0.3 is 16.4 Å². The second-order valence-electron chi connectivity index (χ2n) is 4.52. The molecule has 1 aromatic carbocycles. The van der Waals surface area contributed by atoms with Crippen LogP contribution in [0.1, 0.15) is 19.8 Å². The zero-order valence-corrected chi connectivity index (χ0v) is 12.4. The Morgan fingerprint density at radius 3 is 2.76 bits per heavy atom. The van der Waals surface area contributed by atoms with Crippen LogP contribution >= 0.6 is 11.6 Å². The molecule has 0 aliphatic rings. The van der Waals surface area contributed by atoms with Crippen molar-refractivity contribution in [3.8, 4) is 0 Å². The van der Waals surface area contributed by atoms with Crippen molar-refractivity contribution in [2.24, 2.45) is 0 Å². The van der Waals surface area contributed by atoms with Crippen molar-refractivity contribution in [2.75, 3.05) is 22.9 Å². The normalized spacial score (nSPS) is 10.4. The van der Waals surface area contributed by atoms with E-state index in [9.17, 15) is 4.39 Å². The van der Waals surface area contributed by atoms with Crippen molar-refractivity contribution in [3.05, 3.63) is 35.4 Å². The molecule has 4 N–H and O–H groups in total. The lowest BCUT2D eigenvalue weighted by atomic mass is 10.3. The second kappa shape index (κ2) is 7.08. The molecule has 0 saturated heterocycles. The van der Waals surface area contributed by atoms with Crippen molar-refractivity contribution in [2.45, 2.75) is 19.8 Å². The lowest BCUT2D eigenvalue weighted by Gasteiger charge is -2.12. The van der Waals surface area contributed by atoms with Crippen LogP contribution in [0.3, 0.4) is 0 Å². The van der Waals surface area contributed by atoms with E-state index in [0.29, 0.717) is 23.0 Å². The third kappa shape index (κ3) is 3.95. The summed E-state index contributed by atoms with van der Waals surface area (Å²) in [6.07, 6.45) is 3.52. The van der Waals surface area contributed by atoms with E-state index in [-0.39, 0.29) is 5.02 Å². The zero-order chi connectivity index (χ0) is 15.2. The quantitative estimate of drug-likeness (QED) is 0.707. The number of benzene rings is 1. The summed E-state index contributed by atoms with van der Waals surface area (Å²) < 4.78 is 13.1. The fraction of sp³-hybridized carbons (Fsp3) is 0.286. The molecule has 5 nitrogen and oxygen atoms in total. The van der Waals surface area contributed by atoms with Crippen LogP contribution in [0.2, 0.25) is 5.02 Å². The van der Waals surface area contributed by atoms with Crippen molar-refractivity contribution in [1.29, 1.82) is 0 Å². The first-order chi connectivity index (χ1) is 10.1. The molecule has 1 heterocycles. The SMILES string of the molecule is CCCCNc1ncnc(Nc2ccc(F)c(Cl)c2)c1N. The van der Waals surface area contributed by atoms with Crippen molar-refractivity contribution in [3.63, 3.8) is 0 Å². The molecule has 0 saturated carbocycles. The molecule has 0 atom stereocenters. The van der Waals surface area contributed by atoms with Gasteiger partial charge >= 0.3 is 0 Å². The summed E-state index contributed by atoms with van der Waals surface area (Å²) in [6.45, 7) is 2.90. The number of aromatic nitrogens is 2. The maximum absolute atomic E-state index is 13.1. The van der Waals surface area contributed by atoms with Gasteiger partial charge in [0.05, 0.1) is 5.02 Å². The summed E-state index contributed by atoms with van der Waals surface area (Å²) in [5.41, 5.74) is 7.04. The molecule has 0 radical (unpaired) electrons. The van der Waals surface area contributed by atoms with Gasteiger partial charge in [-0.3, -0.25) is 0 Å². The smallest absolute Gasteiger partial charge is 0.159 e. The predicted octanol–water partition coefficient (Wildman–Crippen LogP) is 3.81. The van der Waals surface area contributed by atoms with Gasteiger partial charge in [0, 0.05) is 12.2 Å². The Morgan fingerprint density at radius 2 is 2.05 bits per heavy atom. The number of nitrogens with two attached hydrogens (primary N) is 1. The number of rotatable bonds is 6. The number of hydrogen-bond donors (Lipinski definition) is 3. The average Bonchev–Trinajstić information content (AvgIpc) is 2.47. The van der Waals surface area contributed by atoms with E-state index in [4.69, 9.17) is 17.3 Å². The van der Waals surface area contributed by atoms with E-state index in [1.165, 1.54) is 18.5 Å². The van der Waals surface area contributed by atoms with Gasteiger partial charge in [-0.15, -0.1) is 0 Å². The molecule has 112 valence electrons. The van der Waals surface area contributed by atoms with E-state index in [0.717, 1.165) is 19.4 Å². The first kappa shape index (κ1) is 15.3.